The van der Waals surface area contributed by atoms with Crippen LogP contribution in [0.25, 0.3) is 11.3 Å². The van der Waals surface area contributed by atoms with Gasteiger partial charge in [0.1, 0.15) is 11.4 Å². The molecule has 2 aliphatic rings. The standard InChI is InChI=1S/C23H28N10O3/c1-12-17-18(31-33(30-17)9-10-36-4)14-7-8-25-21(20(14)32(12)3)26-15-11-16(27-22(34)13-5-6-13)28-29-19(15)23(35)24-2/h7-8,11-13H,5-6,9-10H2,1-4H3,(H,24,35)(H2,25,26,27,28,34)/t12-/m1/s1/i2D3. The highest BCUT2D eigenvalue weighted by molar-refractivity contribution is 6.00. The number of methoxy groups -OCH3 is 1. The van der Waals surface area contributed by atoms with Gasteiger partial charge in [-0.05, 0) is 25.8 Å². The summed E-state index contributed by atoms with van der Waals surface area (Å²) in [6.07, 6.45) is 3.19. The molecule has 0 spiro atoms. The summed E-state index contributed by atoms with van der Waals surface area (Å²) in [4.78, 5) is 33.2. The number of anilines is 4. The number of nitrogens with one attached hydrogen (secondary N) is 3. The molecule has 1 aliphatic carbocycles. The van der Waals surface area contributed by atoms with Crippen molar-refractivity contribution < 1.29 is 18.4 Å². The third kappa shape index (κ3) is 4.33. The number of hydrogen-bond acceptors (Lipinski definition) is 10. The highest BCUT2D eigenvalue weighted by Crippen LogP contribution is 2.45. The second-order valence-corrected chi connectivity index (χ2v) is 8.70. The molecular formula is C23H28N10O3. The zero-order chi connectivity index (χ0) is 27.9. The Labute approximate surface area is 211 Å². The molecule has 0 bridgehead atoms. The van der Waals surface area contributed by atoms with Gasteiger partial charge in [0.25, 0.3) is 5.91 Å². The van der Waals surface area contributed by atoms with Gasteiger partial charge in [0.05, 0.1) is 30.6 Å². The van der Waals surface area contributed by atoms with Gasteiger partial charge < -0.3 is 25.6 Å². The molecule has 0 radical (unpaired) electrons. The van der Waals surface area contributed by atoms with Gasteiger partial charge in [-0.2, -0.15) is 15.0 Å². The predicted molar refractivity (Wildman–Crippen MR) is 132 cm³/mol. The van der Waals surface area contributed by atoms with Crippen molar-refractivity contribution in [3.63, 3.8) is 0 Å². The molecule has 36 heavy (non-hydrogen) atoms. The van der Waals surface area contributed by atoms with Crippen molar-refractivity contribution in [2.24, 2.45) is 5.92 Å². The minimum Gasteiger partial charge on any atom is -0.383 e. The lowest BCUT2D eigenvalue weighted by atomic mass is 9.99. The van der Waals surface area contributed by atoms with E-state index in [0.29, 0.717) is 30.4 Å². The molecule has 13 heteroatoms. The smallest absolute Gasteiger partial charge is 0.273 e. The minimum absolute atomic E-state index is 0.0776. The summed E-state index contributed by atoms with van der Waals surface area (Å²) in [5.41, 5.74) is 2.81. The first-order valence-corrected chi connectivity index (χ1v) is 11.5. The van der Waals surface area contributed by atoms with Crippen LogP contribution in [0, 0.1) is 5.92 Å². The molecule has 0 unspecified atom stereocenters. The topological polar surface area (TPSA) is 152 Å². The van der Waals surface area contributed by atoms with Gasteiger partial charge in [0.2, 0.25) is 5.91 Å². The number of amides is 2. The Balaban J connectivity index is 1.54. The second kappa shape index (κ2) is 9.49. The molecule has 2 amide bonds. The molecular weight excluding hydrogens is 464 g/mol. The fourth-order valence-electron chi connectivity index (χ4n) is 4.05. The number of rotatable bonds is 8. The van der Waals surface area contributed by atoms with E-state index in [4.69, 9.17) is 8.85 Å². The van der Waals surface area contributed by atoms with Crippen LogP contribution in [0.1, 0.15) is 46.1 Å². The van der Waals surface area contributed by atoms with Gasteiger partial charge in [0.15, 0.2) is 17.3 Å². The number of hydrogen-bond donors (Lipinski definition) is 3. The Bertz CT molecular complexity index is 1420. The molecule has 1 fully saturated rings. The normalized spacial score (nSPS) is 17.8. The number of carbonyl (C=O) groups is 2. The molecule has 188 valence electrons. The Morgan fingerprint density at radius 2 is 2.11 bits per heavy atom. The third-order valence-electron chi connectivity index (χ3n) is 6.26. The average Bonchev–Trinajstić information content (AvgIpc) is 3.64. The van der Waals surface area contributed by atoms with Crippen LogP contribution < -0.4 is 20.9 Å². The molecule has 0 aromatic carbocycles. The van der Waals surface area contributed by atoms with Crippen LogP contribution in [0.4, 0.5) is 23.0 Å². The predicted octanol–water partition coefficient (Wildman–Crippen LogP) is 1.74. The van der Waals surface area contributed by atoms with Crippen LogP contribution in [0.2, 0.25) is 0 Å². The first-order valence-electron chi connectivity index (χ1n) is 13.0. The molecule has 1 atom stereocenters. The molecule has 5 rings (SSSR count). The van der Waals surface area contributed by atoms with Crippen molar-refractivity contribution in [2.75, 3.05) is 43.3 Å². The Hall–Kier alpha value is -4.13. The van der Waals surface area contributed by atoms with Crippen molar-refractivity contribution in [2.45, 2.75) is 32.4 Å². The average molecular weight is 496 g/mol. The van der Waals surface area contributed by atoms with E-state index in [1.807, 2.05) is 30.3 Å². The number of pyridine rings is 1. The SMILES string of the molecule is [2H]C([2H])([2H])NC(=O)c1nnc(NC(=O)C2CC2)cc1Nc1nccc2c1N(C)[C@H](C)c1nn(CCOC)nc1-2. The van der Waals surface area contributed by atoms with E-state index < -0.39 is 12.9 Å². The molecule has 13 nitrogen and oxygen atoms in total. The minimum atomic E-state index is -2.74. The maximum atomic E-state index is 12.8. The molecule has 4 heterocycles. The lowest BCUT2D eigenvalue weighted by molar-refractivity contribution is -0.117. The van der Waals surface area contributed by atoms with E-state index in [0.717, 1.165) is 24.1 Å². The summed E-state index contributed by atoms with van der Waals surface area (Å²) in [5.74, 6) is -0.738. The van der Waals surface area contributed by atoms with E-state index in [1.54, 1.807) is 18.1 Å². The van der Waals surface area contributed by atoms with Gasteiger partial charge in [-0.25, -0.2) is 4.98 Å². The van der Waals surface area contributed by atoms with E-state index >= 15 is 0 Å². The van der Waals surface area contributed by atoms with Gasteiger partial charge in [-0.3, -0.25) is 9.59 Å². The van der Waals surface area contributed by atoms with Gasteiger partial charge in [0, 0.05) is 49.0 Å². The zero-order valence-corrected chi connectivity index (χ0v) is 20.1. The highest BCUT2D eigenvalue weighted by atomic mass is 16.5. The maximum Gasteiger partial charge on any atom is 0.273 e. The van der Waals surface area contributed by atoms with Crippen LogP contribution >= 0.6 is 0 Å². The first-order chi connectivity index (χ1) is 18.6. The summed E-state index contributed by atoms with van der Waals surface area (Å²) in [7, 11) is 3.50. The van der Waals surface area contributed by atoms with Crippen molar-refractivity contribution >= 4 is 34.8 Å². The largest absolute Gasteiger partial charge is 0.383 e. The molecule has 3 aromatic heterocycles. The van der Waals surface area contributed by atoms with E-state index in [1.165, 1.54) is 6.07 Å². The summed E-state index contributed by atoms with van der Waals surface area (Å²) >= 11 is 0. The number of ether oxygens (including phenoxy) is 1. The first kappa shape index (κ1) is 20.1. The van der Waals surface area contributed by atoms with Gasteiger partial charge in [-0.15, -0.1) is 10.2 Å². The monoisotopic (exact) mass is 495 g/mol. The van der Waals surface area contributed by atoms with Crippen LogP contribution in [0.5, 0.6) is 0 Å². The number of nitrogens with zero attached hydrogens (tertiary/aromatic N) is 7. The highest BCUT2D eigenvalue weighted by Gasteiger charge is 2.33. The molecule has 1 saturated carbocycles. The summed E-state index contributed by atoms with van der Waals surface area (Å²) in [6.45, 7) is 0.206. The van der Waals surface area contributed by atoms with E-state index in [2.05, 4.69) is 36.0 Å². The Morgan fingerprint density at radius 1 is 1.28 bits per heavy atom. The van der Waals surface area contributed by atoms with Gasteiger partial charge in [-0.1, -0.05) is 0 Å². The maximum absolute atomic E-state index is 12.8. The zero-order valence-electron chi connectivity index (χ0n) is 23.1. The van der Waals surface area contributed by atoms with E-state index in [9.17, 15) is 9.59 Å². The number of carbonyl (C=O) groups excluding carboxylic acids is 2. The Morgan fingerprint density at radius 3 is 2.86 bits per heavy atom. The third-order valence-corrected chi connectivity index (χ3v) is 6.26. The summed E-state index contributed by atoms with van der Waals surface area (Å²) in [6, 6.07) is 3.10. The molecule has 1 aliphatic heterocycles. The lowest BCUT2D eigenvalue weighted by Crippen LogP contribution is -2.28. The lowest BCUT2D eigenvalue weighted by Gasteiger charge is -2.33. The van der Waals surface area contributed by atoms with Crippen molar-refractivity contribution in [3.05, 3.63) is 29.7 Å². The Kier molecular flexibility index (Phi) is 5.30. The summed E-state index contributed by atoms with van der Waals surface area (Å²) < 4.78 is 27.4. The van der Waals surface area contributed by atoms with Gasteiger partial charge >= 0.3 is 0 Å². The molecule has 0 saturated heterocycles. The number of fused-ring (bicyclic) bond motifs is 3. The van der Waals surface area contributed by atoms with Crippen LogP contribution in [-0.4, -0.2) is 69.7 Å². The summed E-state index contributed by atoms with van der Waals surface area (Å²) in [5, 5.41) is 24.9. The van der Waals surface area contributed by atoms with Crippen molar-refractivity contribution in [1.82, 2.24) is 35.5 Å². The quantitative estimate of drug-likeness (QED) is 0.421. The van der Waals surface area contributed by atoms with Crippen LogP contribution in [-0.2, 0) is 16.1 Å². The fraction of sp³-hybridized carbons (Fsp3) is 0.435. The molecule has 3 N–H and O–H groups in total. The fourth-order valence-corrected chi connectivity index (χ4v) is 4.05. The van der Waals surface area contributed by atoms with Crippen LogP contribution in [0.3, 0.4) is 0 Å². The van der Waals surface area contributed by atoms with Crippen LogP contribution in [0.15, 0.2) is 18.3 Å². The van der Waals surface area contributed by atoms with E-state index in [-0.39, 0.29) is 35.1 Å². The second-order valence-electron chi connectivity index (χ2n) is 8.70. The number of aromatic nitrogens is 6. The van der Waals surface area contributed by atoms with Crippen molar-refractivity contribution in [1.29, 1.82) is 0 Å². The molecule has 3 aromatic rings. The van der Waals surface area contributed by atoms with Crippen molar-refractivity contribution in [3.8, 4) is 11.3 Å².